The summed E-state index contributed by atoms with van der Waals surface area (Å²) in [6.45, 7) is 6.00. The predicted molar refractivity (Wildman–Crippen MR) is 72.0 cm³/mol. The van der Waals surface area contributed by atoms with Crippen LogP contribution in [0.3, 0.4) is 0 Å². The summed E-state index contributed by atoms with van der Waals surface area (Å²) in [5.41, 5.74) is 1.07. The number of hydrogen-bond acceptors (Lipinski definition) is 3. The number of nitrogens with one attached hydrogen (secondary N) is 1. The van der Waals surface area contributed by atoms with E-state index in [9.17, 15) is 8.42 Å². The topological polar surface area (TPSA) is 49.4 Å². The zero-order chi connectivity index (χ0) is 13.2. The van der Waals surface area contributed by atoms with Crippen LogP contribution in [-0.4, -0.2) is 38.4 Å². The van der Waals surface area contributed by atoms with Crippen LogP contribution in [0.15, 0.2) is 29.2 Å². The normalized spacial score (nSPS) is 20.5. The monoisotopic (exact) mass is 268 g/mol. The lowest BCUT2D eigenvalue weighted by Gasteiger charge is -2.26. The Morgan fingerprint density at radius 2 is 2.00 bits per heavy atom. The van der Waals surface area contributed by atoms with E-state index in [-0.39, 0.29) is 6.04 Å². The minimum atomic E-state index is -3.36. The van der Waals surface area contributed by atoms with Gasteiger partial charge in [-0.15, -0.1) is 0 Å². The van der Waals surface area contributed by atoms with Gasteiger partial charge in [0.05, 0.1) is 4.90 Å². The van der Waals surface area contributed by atoms with Crippen molar-refractivity contribution >= 4 is 10.0 Å². The molecule has 0 amide bonds. The van der Waals surface area contributed by atoms with Crippen molar-refractivity contribution in [2.75, 3.05) is 19.6 Å². The third-order valence-electron chi connectivity index (χ3n) is 3.38. The third kappa shape index (κ3) is 2.58. The molecular formula is C13H20N2O2S. The highest BCUT2D eigenvalue weighted by Crippen LogP contribution is 2.21. The van der Waals surface area contributed by atoms with E-state index in [0.29, 0.717) is 11.4 Å². The number of sulfonamides is 1. The molecule has 5 heteroatoms. The minimum Gasteiger partial charge on any atom is -0.315 e. The first kappa shape index (κ1) is 13.5. The summed E-state index contributed by atoms with van der Waals surface area (Å²) in [6.07, 6.45) is 0.888. The second-order valence-corrected chi connectivity index (χ2v) is 6.56. The van der Waals surface area contributed by atoms with Crippen LogP contribution in [0.1, 0.15) is 18.9 Å². The Morgan fingerprint density at radius 3 is 2.50 bits per heavy atom. The van der Waals surface area contributed by atoms with E-state index in [1.807, 2.05) is 26.0 Å². The maximum atomic E-state index is 12.6. The molecule has 1 N–H and O–H groups in total. The lowest BCUT2D eigenvalue weighted by Crippen LogP contribution is -2.41. The van der Waals surface area contributed by atoms with E-state index >= 15 is 0 Å². The fourth-order valence-corrected chi connectivity index (χ4v) is 4.02. The Bertz CT molecular complexity index is 490. The van der Waals surface area contributed by atoms with Crippen LogP contribution in [0.25, 0.3) is 0 Å². The molecule has 0 saturated carbocycles. The van der Waals surface area contributed by atoms with Gasteiger partial charge < -0.3 is 5.32 Å². The van der Waals surface area contributed by atoms with E-state index in [1.54, 1.807) is 16.4 Å². The first-order valence-electron chi connectivity index (χ1n) is 6.35. The van der Waals surface area contributed by atoms with E-state index in [2.05, 4.69) is 5.32 Å². The molecule has 1 aliphatic heterocycles. The maximum absolute atomic E-state index is 12.6. The van der Waals surface area contributed by atoms with Gasteiger partial charge in [-0.25, -0.2) is 8.42 Å². The predicted octanol–water partition coefficient (Wildman–Crippen LogP) is 1.37. The first-order chi connectivity index (χ1) is 8.55. The molecule has 1 aromatic carbocycles. The van der Waals surface area contributed by atoms with Crippen LogP contribution >= 0.6 is 0 Å². The highest BCUT2D eigenvalue weighted by atomic mass is 32.2. The van der Waals surface area contributed by atoms with Crippen molar-refractivity contribution in [2.45, 2.75) is 31.2 Å². The quantitative estimate of drug-likeness (QED) is 0.897. The number of aryl methyl sites for hydroxylation is 1. The summed E-state index contributed by atoms with van der Waals surface area (Å²) in [7, 11) is -3.36. The van der Waals surface area contributed by atoms with Gasteiger partial charge >= 0.3 is 0 Å². The summed E-state index contributed by atoms with van der Waals surface area (Å²) >= 11 is 0. The Hall–Kier alpha value is -0.910. The maximum Gasteiger partial charge on any atom is 0.243 e. The van der Waals surface area contributed by atoms with E-state index in [0.717, 1.165) is 25.1 Å². The molecule has 1 aromatic rings. The lowest BCUT2D eigenvalue weighted by molar-refractivity contribution is 0.349. The number of nitrogens with zero attached hydrogens (tertiary/aromatic N) is 1. The molecule has 0 aliphatic carbocycles. The molecular weight excluding hydrogens is 248 g/mol. The van der Waals surface area contributed by atoms with Crippen LogP contribution in [0, 0.1) is 6.92 Å². The van der Waals surface area contributed by atoms with Gasteiger partial charge in [0, 0.05) is 19.1 Å². The summed E-state index contributed by atoms with van der Waals surface area (Å²) < 4.78 is 26.7. The number of likely N-dealkylation sites (N-methyl/N-ethyl adjacent to an activating group) is 1. The second-order valence-electron chi connectivity index (χ2n) is 4.67. The Morgan fingerprint density at radius 1 is 1.33 bits per heavy atom. The average Bonchev–Trinajstić information content (AvgIpc) is 2.84. The molecule has 2 rings (SSSR count). The average molecular weight is 268 g/mol. The van der Waals surface area contributed by atoms with Gasteiger partial charge in [0.15, 0.2) is 0 Å². The molecule has 1 aliphatic rings. The molecule has 1 atom stereocenters. The van der Waals surface area contributed by atoms with Crippen molar-refractivity contribution in [1.29, 1.82) is 0 Å². The van der Waals surface area contributed by atoms with Gasteiger partial charge in [0.25, 0.3) is 0 Å². The molecule has 1 heterocycles. The third-order valence-corrected chi connectivity index (χ3v) is 5.42. The van der Waals surface area contributed by atoms with E-state index < -0.39 is 10.0 Å². The smallest absolute Gasteiger partial charge is 0.243 e. The molecule has 0 radical (unpaired) electrons. The SMILES string of the molecule is CCN(C1CCNC1)S(=O)(=O)c1ccc(C)cc1. The summed E-state index contributed by atoms with van der Waals surface area (Å²) in [5, 5.41) is 3.21. The van der Waals surface area contributed by atoms with E-state index in [4.69, 9.17) is 0 Å². The van der Waals surface area contributed by atoms with Gasteiger partial charge in [-0.2, -0.15) is 4.31 Å². The lowest BCUT2D eigenvalue weighted by atomic mass is 10.2. The molecule has 4 nitrogen and oxygen atoms in total. The first-order valence-corrected chi connectivity index (χ1v) is 7.79. The van der Waals surface area contributed by atoms with Gasteiger partial charge in [-0.3, -0.25) is 0 Å². The Balaban J connectivity index is 2.30. The van der Waals surface area contributed by atoms with Crippen molar-refractivity contribution in [3.8, 4) is 0 Å². The van der Waals surface area contributed by atoms with Crippen LogP contribution in [-0.2, 0) is 10.0 Å². The van der Waals surface area contributed by atoms with Gasteiger partial charge in [0.2, 0.25) is 10.0 Å². The molecule has 1 saturated heterocycles. The van der Waals surface area contributed by atoms with Gasteiger partial charge in [-0.1, -0.05) is 24.6 Å². The Kier molecular flexibility index (Phi) is 4.04. The number of hydrogen-bond donors (Lipinski definition) is 1. The summed E-state index contributed by atoms with van der Waals surface area (Å²) in [5.74, 6) is 0. The summed E-state index contributed by atoms with van der Waals surface area (Å²) in [6, 6.07) is 7.15. The van der Waals surface area contributed by atoms with E-state index in [1.165, 1.54) is 0 Å². The zero-order valence-electron chi connectivity index (χ0n) is 10.9. The van der Waals surface area contributed by atoms with Crippen molar-refractivity contribution < 1.29 is 8.42 Å². The highest BCUT2D eigenvalue weighted by Gasteiger charge is 2.31. The van der Waals surface area contributed by atoms with Crippen LogP contribution in [0.4, 0.5) is 0 Å². The van der Waals surface area contributed by atoms with Crippen molar-refractivity contribution in [3.05, 3.63) is 29.8 Å². The molecule has 1 fully saturated rings. The van der Waals surface area contributed by atoms with Gasteiger partial charge in [0.1, 0.15) is 0 Å². The number of rotatable bonds is 4. The fraction of sp³-hybridized carbons (Fsp3) is 0.538. The highest BCUT2D eigenvalue weighted by molar-refractivity contribution is 7.89. The zero-order valence-corrected chi connectivity index (χ0v) is 11.7. The molecule has 0 spiro atoms. The fourth-order valence-electron chi connectivity index (χ4n) is 2.36. The van der Waals surface area contributed by atoms with Crippen LogP contribution < -0.4 is 5.32 Å². The van der Waals surface area contributed by atoms with Gasteiger partial charge in [-0.05, 0) is 32.0 Å². The van der Waals surface area contributed by atoms with Crippen molar-refractivity contribution in [2.24, 2.45) is 0 Å². The van der Waals surface area contributed by atoms with Crippen molar-refractivity contribution in [1.82, 2.24) is 9.62 Å². The Labute approximate surface area is 109 Å². The van der Waals surface area contributed by atoms with Crippen LogP contribution in [0.2, 0.25) is 0 Å². The molecule has 0 aromatic heterocycles. The van der Waals surface area contributed by atoms with Crippen LogP contribution in [0.5, 0.6) is 0 Å². The number of benzene rings is 1. The standard InChI is InChI=1S/C13H20N2O2S/c1-3-15(12-8-9-14-10-12)18(16,17)13-6-4-11(2)5-7-13/h4-7,12,14H,3,8-10H2,1-2H3. The van der Waals surface area contributed by atoms with Crippen molar-refractivity contribution in [3.63, 3.8) is 0 Å². The molecule has 100 valence electrons. The molecule has 18 heavy (non-hydrogen) atoms. The summed E-state index contributed by atoms with van der Waals surface area (Å²) in [4.78, 5) is 0.391. The molecule has 1 unspecified atom stereocenters. The second kappa shape index (κ2) is 5.38. The largest absolute Gasteiger partial charge is 0.315 e. The molecule has 0 bridgehead atoms. The minimum absolute atomic E-state index is 0.0845.